The molecule has 1 aromatic carbocycles. The van der Waals surface area contributed by atoms with E-state index in [9.17, 15) is 0 Å². The summed E-state index contributed by atoms with van der Waals surface area (Å²) in [6, 6.07) is 8.12. The maximum Gasteiger partial charge on any atom is 0.191 e. The van der Waals surface area contributed by atoms with Crippen LogP contribution in [0.25, 0.3) is 0 Å². The maximum atomic E-state index is 5.51. The predicted molar refractivity (Wildman–Crippen MR) is 127 cm³/mol. The minimum Gasteiger partial charge on any atom is -0.496 e. The van der Waals surface area contributed by atoms with E-state index in [4.69, 9.17) is 19.2 Å². The molecule has 1 aromatic heterocycles. The molecule has 2 N–H and O–H groups in total. The second-order valence-corrected chi connectivity index (χ2v) is 6.88. The number of guanidine groups is 1. The second kappa shape index (κ2) is 12.7. The van der Waals surface area contributed by atoms with Crippen LogP contribution in [0.2, 0.25) is 0 Å². The summed E-state index contributed by atoms with van der Waals surface area (Å²) in [5.41, 5.74) is 0.978. The zero-order valence-corrected chi connectivity index (χ0v) is 20.2. The van der Waals surface area contributed by atoms with E-state index >= 15 is 0 Å². The molecule has 0 aliphatic heterocycles. The summed E-state index contributed by atoms with van der Waals surface area (Å²) >= 11 is 1.73. The normalized spacial score (nSPS) is 12.0. The van der Waals surface area contributed by atoms with Gasteiger partial charge in [-0.05, 0) is 31.7 Å². The van der Waals surface area contributed by atoms with E-state index in [0.717, 1.165) is 29.6 Å². The average Bonchev–Trinajstić information content (AvgIpc) is 3.22. The molecule has 2 aromatic rings. The highest BCUT2D eigenvalue weighted by Gasteiger charge is 2.13. The number of methoxy groups -OCH3 is 3. The number of hydrogen-bond acceptors (Lipinski definition) is 5. The van der Waals surface area contributed by atoms with Crippen molar-refractivity contribution in [2.24, 2.45) is 4.99 Å². The van der Waals surface area contributed by atoms with Crippen molar-refractivity contribution < 1.29 is 14.2 Å². The monoisotopic (exact) mass is 519 g/mol. The Balaban J connectivity index is 0.00000392. The van der Waals surface area contributed by atoms with Crippen molar-refractivity contribution >= 4 is 41.3 Å². The smallest absolute Gasteiger partial charge is 0.191 e. The fraction of sp³-hybridized carbons (Fsp3) is 0.450. The molecule has 0 saturated heterocycles. The van der Waals surface area contributed by atoms with Crippen molar-refractivity contribution in [2.75, 3.05) is 34.4 Å². The van der Waals surface area contributed by atoms with Gasteiger partial charge in [0.1, 0.15) is 17.2 Å². The van der Waals surface area contributed by atoms with Crippen molar-refractivity contribution in [3.63, 3.8) is 0 Å². The van der Waals surface area contributed by atoms with Crippen molar-refractivity contribution in [1.82, 2.24) is 10.6 Å². The zero-order chi connectivity index (χ0) is 19.6. The van der Waals surface area contributed by atoms with Gasteiger partial charge >= 0.3 is 0 Å². The molecular formula is C20H30IN3O3S. The van der Waals surface area contributed by atoms with Crippen LogP contribution in [0.3, 0.4) is 0 Å². The van der Waals surface area contributed by atoms with Gasteiger partial charge in [0.2, 0.25) is 0 Å². The number of ether oxygens (including phenoxy) is 3. The van der Waals surface area contributed by atoms with Gasteiger partial charge in [-0.1, -0.05) is 6.07 Å². The largest absolute Gasteiger partial charge is 0.496 e. The molecule has 0 aliphatic rings. The standard InChI is InChI=1S/C20H29N3O3S.HI/c1-6-21-20(23-14(2)19-8-7-11-27-19)22-10-9-16-17(25-4)12-15(24-3)13-18(16)26-5;/h7-8,11-14H,6,9-10H2,1-5H3,(H2,21,22,23);1H. The van der Waals surface area contributed by atoms with Crippen LogP contribution in [0, 0.1) is 0 Å². The first kappa shape index (κ1) is 24.4. The van der Waals surface area contributed by atoms with Crippen LogP contribution >= 0.6 is 35.3 Å². The molecule has 0 bridgehead atoms. The lowest BCUT2D eigenvalue weighted by molar-refractivity contribution is 0.369. The number of benzene rings is 1. The Morgan fingerprint density at radius 3 is 2.32 bits per heavy atom. The lowest BCUT2D eigenvalue weighted by atomic mass is 10.1. The Hall–Kier alpha value is -1.68. The van der Waals surface area contributed by atoms with Gasteiger partial charge in [0.25, 0.3) is 0 Å². The van der Waals surface area contributed by atoms with Crippen molar-refractivity contribution in [2.45, 2.75) is 26.3 Å². The minimum atomic E-state index is 0. The van der Waals surface area contributed by atoms with Crippen molar-refractivity contribution in [3.05, 3.63) is 40.1 Å². The summed E-state index contributed by atoms with van der Waals surface area (Å²) in [6.07, 6.45) is 0.695. The first-order valence-electron chi connectivity index (χ1n) is 9.00. The molecule has 0 radical (unpaired) electrons. The van der Waals surface area contributed by atoms with Crippen LogP contribution in [0.1, 0.15) is 30.3 Å². The number of halogens is 1. The molecule has 8 heteroatoms. The maximum absolute atomic E-state index is 5.51. The van der Waals surface area contributed by atoms with Crippen molar-refractivity contribution in [1.29, 1.82) is 0 Å². The fourth-order valence-electron chi connectivity index (χ4n) is 2.74. The molecule has 2 rings (SSSR count). The van der Waals surface area contributed by atoms with Gasteiger partial charge in [-0.25, -0.2) is 0 Å². The molecule has 1 unspecified atom stereocenters. The molecular weight excluding hydrogens is 489 g/mol. The third-order valence-electron chi connectivity index (χ3n) is 4.12. The van der Waals surface area contributed by atoms with E-state index < -0.39 is 0 Å². The highest BCUT2D eigenvalue weighted by molar-refractivity contribution is 14.0. The fourth-order valence-corrected chi connectivity index (χ4v) is 3.47. The van der Waals surface area contributed by atoms with Crippen LogP contribution < -0.4 is 24.8 Å². The number of thiophene rings is 1. The number of hydrogen-bond donors (Lipinski definition) is 2. The summed E-state index contributed by atoms with van der Waals surface area (Å²) in [5, 5.41) is 8.83. The lowest BCUT2D eigenvalue weighted by Crippen LogP contribution is -2.38. The predicted octanol–water partition coefficient (Wildman–Crippen LogP) is 4.25. The summed E-state index contributed by atoms with van der Waals surface area (Å²) in [4.78, 5) is 5.99. The molecule has 6 nitrogen and oxygen atoms in total. The van der Waals surface area contributed by atoms with Gasteiger partial charge in [0, 0.05) is 35.7 Å². The Bertz CT molecular complexity index is 713. The number of nitrogens with zero attached hydrogens (tertiary/aromatic N) is 1. The van der Waals surface area contributed by atoms with Gasteiger partial charge in [0.15, 0.2) is 5.96 Å². The van der Waals surface area contributed by atoms with Gasteiger partial charge in [-0.15, -0.1) is 35.3 Å². The van der Waals surface area contributed by atoms with Crippen molar-refractivity contribution in [3.8, 4) is 17.2 Å². The van der Waals surface area contributed by atoms with Gasteiger partial charge in [-0.3, -0.25) is 4.99 Å². The van der Waals surface area contributed by atoms with E-state index in [-0.39, 0.29) is 30.0 Å². The molecule has 0 saturated carbocycles. The molecule has 0 fully saturated rings. The topological polar surface area (TPSA) is 64.1 Å². The van der Waals surface area contributed by atoms with E-state index in [1.807, 2.05) is 12.1 Å². The van der Waals surface area contributed by atoms with E-state index in [1.165, 1.54) is 4.88 Å². The molecule has 1 heterocycles. The molecule has 1 atom stereocenters. The summed E-state index contributed by atoms with van der Waals surface area (Å²) < 4.78 is 16.3. The summed E-state index contributed by atoms with van der Waals surface area (Å²) in [6.45, 7) is 5.60. The number of nitrogens with one attached hydrogen (secondary N) is 2. The summed E-state index contributed by atoms with van der Waals surface area (Å²) in [5.74, 6) is 2.98. The van der Waals surface area contributed by atoms with Crippen LogP contribution in [0.4, 0.5) is 0 Å². The number of aliphatic imine (C=N–C) groups is 1. The number of rotatable bonds is 9. The molecule has 0 aliphatic carbocycles. The molecule has 28 heavy (non-hydrogen) atoms. The summed E-state index contributed by atoms with van der Waals surface area (Å²) in [7, 11) is 4.92. The van der Waals surface area contributed by atoms with Gasteiger partial charge < -0.3 is 24.8 Å². The first-order valence-corrected chi connectivity index (χ1v) is 9.88. The highest BCUT2D eigenvalue weighted by atomic mass is 127. The Kier molecular flexibility index (Phi) is 11.1. The first-order chi connectivity index (χ1) is 13.1. The van der Waals surface area contributed by atoms with Crippen LogP contribution in [0.15, 0.2) is 34.6 Å². The Labute approximate surface area is 188 Å². The molecule has 156 valence electrons. The van der Waals surface area contributed by atoms with E-state index in [2.05, 4.69) is 42.0 Å². The molecule has 0 spiro atoms. The van der Waals surface area contributed by atoms with E-state index in [0.29, 0.717) is 18.7 Å². The van der Waals surface area contributed by atoms with Crippen LogP contribution in [0.5, 0.6) is 17.2 Å². The minimum absolute atomic E-state index is 0. The van der Waals surface area contributed by atoms with Crippen LogP contribution in [-0.4, -0.2) is 40.4 Å². The Morgan fingerprint density at radius 1 is 1.14 bits per heavy atom. The average molecular weight is 519 g/mol. The lowest BCUT2D eigenvalue weighted by Gasteiger charge is -2.17. The second-order valence-electron chi connectivity index (χ2n) is 5.90. The third kappa shape index (κ3) is 6.73. The third-order valence-corrected chi connectivity index (χ3v) is 5.17. The quantitative estimate of drug-likeness (QED) is 0.295. The van der Waals surface area contributed by atoms with Gasteiger partial charge in [-0.2, -0.15) is 0 Å². The Morgan fingerprint density at radius 2 is 1.82 bits per heavy atom. The van der Waals surface area contributed by atoms with Crippen LogP contribution in [-0.2, 0) is 6.42 Å². The SMILES string of the molecule is CCNC(=NCCc1c(OC)cc(OC)cc1OC)NC(C)c1cccs1.I. The van der Waals surface area contributed by atoms with Gasteiger partial charge in [0.05, 0.1) is 27.4 Å². The highest BCUT2D eigenvalue weighted by Crippen LogP contribution is 2.34. The van der Waals surface area contributed by atoms with E-state index in [1.54, 1.807) is 32.7 Å². The zero-order valence-electron chi connectivity index (χ0n) is 17.1. The molecule has 0 amide bonds.